The van der Waals surface area contributed by atoms with Crippen molar-refractivity contribution in [1.82, 2.24) is 10.2 Å². The van der Waals surface area contributed by atoms with Crippen molar-refractivity contribution in [3.05, 3.63) is 0 Å². The van der Waals surface area contributed by atoms with Gasteiger partial charge in [0.15, 0.2) is 0 Å². The van der Waals surface area contributed by atoms with E-state index in [4.69, 9.17) is 0 Å². The molecule has 2 aliphatic carbocycles. The van der Waals surface area contributed by atoms with Crippen LogP contribution in [0, 0.1) is 11.8 Å². The number of nitrogens with zero attached hydrogens (tertiary/aromatic N) is 1. The molecule has 0 bridgehead atoms. The van der Waals surface area contributed by atoms with Gasteiger partial charge in [0.1, 0.15) is 0 Å². The average molecular weight is 252 g/mol. The van der Waals surface area contributed by atoms with E-state index in [1.54, 1.807) is 0 Å². The van der Waals surface area contributed by atoms with Crippen molar-refractivity contribution in [2.75, 3.05) is 19.6 Å². The molecule has 0 heterocycles. The van der Waals surface area contributed by atoms with Crippen molar-refractivity contribution in [2.45, 2.75) is 71.4 Å². The van der Waals surface area contributed by atoms with Crippen LogP contribution in [0.4, 0.5) is 0 Å². The van der Waals surface area contributed by atoms with Gasteiger partial charge in [-0.15, -0.1) is 0 Å². The molecule has 2 aliphatic rings. The van der Waals surface area contributed by atoms with Gasteiger partial charge in [0.05, 0.1) is 0 Å². The van der Waals surface area contributed by atoms with Crippen LogP contribution in [0.5, 0.6) is 0 Å². The Hall–Kier alpha value is -0.0800. The number of hydrogen-bond donors (Lipinski definition) is 1. The van der Waals surface area contributed by atoms with Crippen LogP contribution in [0.3, 0.4) is 0 Å². The second-order valence-corrected chi connectivity index (χ2v) is 6.87. The van der Waals surface area contributed by atoms with Crippen molar-refractivity contribution in [3.63, 3.8) is 0 Å². The molecule has 1 N–H and O–H groups in total. The SMILES string of the molecule is CCCC(CNCC(C)C)N(CC1CC1)C1CC1. The topological polar surface area (TPSA) is 15.3 Å². The molecule has 0 saturated heterocycles. The van der Waals surface area contributed by atoms with Gasteiger partial charge in [-0.25, -0.2) is 0 Å². The highest BCUT2D eigenvalue weighted by molar-refractivity contribution is 4.92. The smallest absolute Gasteiger partial charge is 0.0223 e. The summed E-state index contributed by atoms with van der Waals surface area (Å²) in [6.45, 7) is 10.7. The van der Waals surface area contributed by atoms with E-state index in [1.807, 2.05) is 0 Å². The maximum Gasteiger partial charge on any atom is 0.0223 e. The summed E-state index contributed by atoms with van der Waals surface area (Å²) in [6.07, 6.45) is 8.58. The Morgan fingerprint density at radius 2 is 1.83 bits per heavy atom. The standard InChI is InChI=1S/C16H32N2/c1-4-5-16(11-17-10-13(2)3)18(15-8-9-15)12-14-6-7-14/h13-17H,4-12H2,1-3H3. The van der Waals surface area contributed by atoms with Crippen molar-refractivity contribution in [3.8, 4) is 0 Å². The maximum absolute atomic E-state index is 3.68. The van der Waals surface area contributed by atoms with E-state index in [2.05, 4.69) is 31.0 Å². The summed E-state index contributed by atoms with van der Waals surface area (Å²) in [6, 6.07) is 1.73. The zero-order valence-corrected chi connectivity index (χ0v) is 12.6. The Morgan fingerprint density at radius 3 is 2.33 bits per heavy atom. The van der Waals surface area contributed by atoms with E-state index in [1.165, 1.54) is 58.2 Å². The minimum Gasteiger partial charge on any atom is -0.315 e. The summed E-state index contributed by atoms with van der Waals surface area (Å²) in [7, 11) is 0. The van der Waals surface area contributed by atoms with Gasteiger partial charge in [0, 0.05) is 25.2 Å². The van der Waals surface area contributed by atoms with Crippen LogP contribution in [0.25, 0.3) is 0 Å². The van der Waals surface area contributed by atoms with Gasteiger partial charge < -0.3 is 5.32 Å². The largest absolute Gasteiger partial charge is 0.315 e. The molecular weight excluding hydrogens is 220 g/mol. The lowest BCUT2D eigenvalue weighted by atomic mass is 10.1. The van der Waals surface area contributed by atoms with Crippen LogP contribution >= 0.6 is 0 Å². The molecule has 0 aromatic rings. The molecule has 0 spiro atoms. The highest BCUT2D eigenvalue weighted by atomic mass is 15.2. The number of nitrogens with one attached hydrogen (secondary N) is 1. The fourth-order valence-electron chi connectivity index (χ4n) is 2.86. The van der Waals surface area contributed by atoms with Gasteiger partial charge in [-0.3, -0.25) is 4.90 Å². The summed E-state index contributed by atoms with van der Waals surface area (Å²) in [5.41, 5.74) is 0. The average Bonchev–Trinajstić information content (AvgIpc) is 3.16. The highest BCUT2D eigenvalue weighted by Crippen LogP contribution is 2.36. The Kier molecular flexibility index (Phi) is 5.50. The molecule has 2 heteroatoms. The summed E-state index contributed by atoms with van der Waals surface area (Å²) in [5.74, 6) is 1.81. The van der Waals surface area contributed by atoms with Gasteiger partial charge >= 0.3 is 0 Å². The second-order valence-electron chi connectivity index (χ2n) is 6.87. The third-order valence-electron chi connectivity index (χ3n) is 4.21. The summed E-state index contributed by atoms with van der Waals surface area (Å²) in [4.78, 5) is 2.86. The van der Waals surface area contributed by atoms with E-state index in [-0.39, 0.29) is 0 Å². The third kappa shape index (κ3) is 4.89. The second kappa shape index (κ2) is 6.91. The summed E-state index contributed by atoms with van der Waals surface area (Å²) < 4.78 is 0. The molecule has 0 radical (unpaired) electrons. The maximum atomic E-state index is 3.68. The van der Waals surface area contributed by atoms with Crippen molar-refractivity contribution in [2.24, 2.45) is 11.8 Å². The van der Waals surface area contributed by atoms with Gasteiger partial charge in [0.25, 0.3) is 0 Å². The molecule has 0 aliphatic heterocycles. The lowest BCUT2D eigenvalue weighted by Gasteiger charge is -2.32. The minimum absolute atomic E-state index is 0.769. The first-order valence-electron chi connectivity index (χ1n) is 8.17. The van der Waals surface area contributed by atoms with Crippen molar-refractivity contribution >= 4 is 0 Å². The Morgan fingerprint density at radius 1 is 1.11 bits per heavy atom. The van der Waals surface area contributed by atoms with Crippen LogP contribution < -0.4 is 5.32 Å². The fourth-order valence-corrected chi connectivity index (χ4v) is 2.86. The molecule has 1 unspecified atom stereocenters. The lowest BCUT2D eigenvalue weighted by molar-refractivity contribution is 0.163. The molecule has 2 saturated carbocycles. The highest BCUT2D eigenvalue weighted by Gasteiger charge is 2.36. The van der Waals surface area contributed by atoms with Crippen molar-refractivity contribution in [1.29, 1.82) is 0 Å². The van der Waals surface area contributed by atoms with Crippen molar-refractivity contribution < 1.29 is 0 Å². The first kappa shape index (κ1) is 14.3. The van der Waals surface area contributed by atoms with Gasteiger partial charge in [-0.1, -0.05) is 27.2 Å². The third-order valence-corrected chi connectivity index (χ3v) is 4.21. The first-order valence-corrected chi connectivity index (χ1v) is 8.17. The van der Waals surface area contributed by atoms with E-state index in [9.17, 15) is 0 Å². The van der Waals surface area contributed by atoms with E-state index in [0.29, 0.717) is 0 Å². The van der Waals surface area contributed by atoms with Gasteiger partial charge in [-0.2, -0.15) is 0 Å². The molecule has 106 valence electrons. The molecule has 2 nitrogen and oxygen atoms in total. The first-order chi connectivity index (χ1) is 8.70. The minimum atomic E-state index is 0.769. The molecule has 2 fully saturated rings. The quantitative estimate of drug-likeness (QED) is 0.642. The number of rotatable bonds is 10. The summed E-state index contributed by atoms with van der Waals surface area (Å²) in [5, 5.41) is 3.68. The predicted molar refractivity (Wildman–Crippen MR) is 78.9 cm³/mol. The molecule has 2 rings (SSSR count). The zero-order chi connectivity index (χ0) is 13.0. The molecule has 0 amide bonds. The monoisotopic (exact) mass is 252 g/mol. The van der Waals surface area contributed by atoms with Crippen LogP contribution in [0.15, 0.2) is 0 Å². The number of hydrogen-bond acceptors (Lipinski definition) is 2. The van der Waals surface area contributed by atoms with E-state index < -0.39 is 0 Å². The van der Waals surface area contributed by atoms with Crippen LogP contribution in [0.2, 0.25) is 0 Å². The van der Waals surface area contributed by atoms with Crippen LogP contribution in [-0.2, 0) is 0 Å². The molecule has 18 heavy (non-hydrogen) atoms. The molecule has 0 aromatic carbocycles. The Bertz CT molecular complexity index is 231. The summed E-state index contributed by atoms with van der Waals surface area (Å²) >= 11 is 0. The van der Waals surface area contributed by atoms with Crippen LogP contribution in [0.1, 0.15) is 59.3 Å². The van der Waals surface area contributed by atoms with E-state index >= 15 is 0 Å². The van der Waals surface area contributed by atoms with Crippen LogP contribution in [-0.4, -0.2) is 36.6 Å². The van der Waals surface area contributed by atoms with E-state index in [0.717, 1.165) is 23.9 Å². The Labute approximate surface area is 114 Å². The fraction of sp³-hybridized carbons (Fsp3) is 1.00. The van der Waals surface area contributed by atoms with Gasteiger partial charge in [-0.05, 0) is 50.5 Å². The molecule has 0 aromatic heterocycles. The lowest BCUT2D eigenvalue weighted by Crippen LogP contribution is -2.45. The van der Waals surface area contributed by atoms with Gasteiger partial charge in [0.2, 0.25) is 0 Å². The predicted octanol–water partition coefficient (Wildman–Crippen LogP) is 3.28. The normalized spacial score (nSPS) is 21.8. The molecule has 1 atom stereocenters. The Balaban J connectivity index is 1.79. The molecular formula is C16H32N2. The zero-order valence-electron chi connectivity index (χ0n) is 12.6.